The highest BCUT2D eigenvalue weighted by molar-refractivity contribution is 5.99. The second kappa shape index (κ2) is 6.80. The number of nitrogens with one attached hydrogen (secondary N) is 1. The van der Waals surface area contributed by atoms with Gasteiger partial charge < -0.3 is 15.3 Å². The number of amides is 1. The maximum atomic E-state index is 12.4. The number of carbonyl (C=O) groups excluding carboxylic acids is 1. The van der Waals surface area contributed by atoms with Gasteiger partial charge >= 0.3 is 0 Å². The van der Waals surface area contributed by atoms with Crippen LogP contribution in [-0.4, -0.2) is 52.1 Å². The highest BCUT2D eigenvalue weighted by atomic mass is 16.6. The first-order valence-electron chi connectivity index (χ1n) is 6.16. The van der Waals surface area contributed by atoms with E-state index in [0.29, 0.717) is 0 Å². The fourth-order valence-corrected chi connectivity index (χ4v) is 1.77. The Morgan fingerprint density at radius 3 is 2.70 bits per heavy atom. The average Bonchev–Trinajstić information content (AvgIpc) is 2.42. The molecule has 0 spiro atoms. The molecule has 1 rings (SSSR count). The molecule has 0 aliphatic rings. The van der Waals surface area contributed by atoms with Gasteiger partial charge in [-0.15, -0.1) is 0 Å². The van der Waals surface area contributed by atoms with Gasteiger partial charge in [0.1, 0.15) is 12.0 Å². The highest BCUT2D eigenvalue weighted by Crippen LogP contribution is 2.21. The Bertz CT molecular complexity index is 504. The predicted molar refractivity (Wildman–Crippen MR) is 73.7 cm³/mol. The van der Waals surface area contributed by atoms with Crippen LogP contribution in [0.2, 0.25) is 0 Å². The molecule has 8 heteroatoms. The van der Waals surface area contributed by atoms with Crippen LogP contribution in [0.5, 0.6) is 0 Å². The molecule has 0 saturated heterocycles. The van der Waals surface area contributed by atoms with Gasteiger partial charge in [0.2, 0.25) is 0 Å². The van der Waals surface area contributed by atoms with Crippen molar-refractivity contribution in [2.75, 3.05) is 25.5 Å². The van der Waals surface area contributed by atoms with E-state index in [0.717, 1.165) is 6.20 Å². The van der Waals surface area contributed by atoms with Gasteiger partial charge in [-0.25, -0.2) is 4.98 Å². The number of carbonyl (C=O) groups is 1. The molecule has 0 saturated carbocycles. The van der Waals surface area contributed by atoms with Gasteiger partial charge in [-0.3, -0.25) is 14.9 Å². The predicted octanol–water partition coefficient (Wildman–Crippen LogP) is 0.874. The van der Waals surface area contributed by atoms with E-state index in [9.17, 15) is 14.9 Å². The van der Waals surface area contributed by atoms with E-state index in [1.165, 1.54) is 11.0 Å². The molecule has 20 heavy (non-hydrogen) atoms. The van der Waals surface area contributed by atoms with E-state index in [1.807, 2.05) is 0 Å². The van der Waals surface area contributed by atoms with E-state index >= 15 is 0 Å². The Balaban J connectivity index is 3.23. The van der Waals surface area contributed by atoms with Gasteiger partial charge in [0.25, 0.3) is 11.6 Å². The summed E-state index contributed by atoms with van der Waals surface area (Å²) in [5.74, 6) is -0.140. The fourth-order valence-electron chi connectivity index (χ4n) is 1.77. The summed E-state index contributed by atoms with van der Waals surface area (Å²) in [7, 11) is 1.58. The van der Waals surface area contributed by atoms with Crippen LogP contribution in [0.15, 0.2) is 12.3 Å². The summed E-state index contributed by atoms with van der Waals surface area (Å²) in [6.45, 7) is 3.58. The van der Waals surface area contributed by atoms with Crippen LogP contribution >= 0.6 is 0 Å². The Kier molecular flexibility index (Phi) is 5.39. The van der Waals surface area contributed by atoms with E-state index in [4.69, 9.17) is 5.11 Å². The Morgan fingerprint density at radius 1 is 1.60 bits per heavy atom. The zero-order valence-electron chi connectivity index (χ0n) is 11.7. The monoisotopic (exact) mass is 282 g/mol. The van der Waals surface area contributed by atoms with Crippen molar-refractivity contribution >= 4 is 17.4 Å². The minimum Gasteiger partial charge on any atom is -0.395 e. The third kappa shape index (κ3) is 3.41. The second-order valence-electron chi connectivity index (χ2n) is 4.41. The smallest absolute Gasteiger partial charge is 0.288 e. The van der Waals surface area contributed by atoms with Crippen molar-refractivity contribution in [1.29, 1.82) is 0 Å². The molecule has 1 aromatic heterocycles. The number of anilines is 1. The van der Waals surface area contributed by atoms with Gasteiger partial charge in [0.05, 0.1) is 17.1 Å². The molecule has 0 aromatic carbocycles. The number of nitro groups is 1. The van der Waals surface area contributed by atoms with E-state index in [-0.39, 0.29) is 36.3 Å². The summed E-state index contributed by atoms with van der Waals surface area (Å²) in [4.78, 5) is 27.9. The number of nitrogens with zero attached hydrogens (tertiary/aromatic N) is 3. The average molecular weight is 282 g/mol. The topological polar surface area (TPSA) is 109 Å². The van der Waals surface area contributed by atoms with Crippen LogP contribution in [0.25, 0.3) is 0 Å². The van der Waals surface area contributed by atoms with Gasteiger partial charge in [0, 0.05) is 25.7 Å². The normalized spacial score (nSPS) is 10.4. The number of hydrogen-bond donors (Lipinski definition) is 2. The first kappa shape index (κ1) is 15.8. The molecular weight excluding hydrogens is 264 g/mol. The van der Waals surface area contributed by atoms with Gasteiger partial charge in [-0.2, -0.15) is 0 Å². The zero-order valence-corrected chi connectivity index (χ0v) is 11.7. The lowest BCUT2D eigenvalue weighted by molar-refractivity contribution is -0.385. The number of aromatic nitrogens is 1. The third-order valence-electron chi connectivity index (χ3n) is 2.78. The molecule has 2 N–H and O–H groups in total. The molecular formula is C12H18N4O4. The lowest BCUT2D eigenvalue weighted by atomic mass is 10.1. The second-order valence-corrected chi connectivity index (χ2v) is 4.41. The Labute approximate surface area is 116 Å². The Morgan fingerprint density at radius 2 is 2.25 bits per heavy atom. The third-order valence-corrected chi connectivity index (χ3v) is 2.78. The summed E-state index contributed by atoms with van der Waals surface area (Å²) in [5, 5.41) is 22.5. The molecule has 0 fully saturated rings. The van der Waals surface area contributed by atoms with Crippen molar-refractivity contribution in [2.45, 2.75) is 19.9 Å². The lowest BCUT2D eigenvalue weighted by Crippen LogP contribution is -2.39. The van der Waals surface area contributed by atoms with Gasteiger partial charge in [-0.1, -0.05) is 0 Å². The SMILES string of the molecule is CNc1ncc([N+](=O)[O-])cc1C(=O)N(CCO)C(C)C. The van der Waals surface area contributed by atoms with Crippen molar-refractivity contribution < 1.29 is 14.8 Å². The van der Waals surface area contributed by atoms with E-state index < -0.39 is 10.8 Å². The number of pyridine rings is 1. The summed E-state index contributed by atoms with van der Waals surface area (Å²) in [6.07, 6.45) is 1.09. The van der Waals surface area contributed by atoms with Crippen LogP contribution < -0.4 is 5.32 Å². The Hall–Kier alpha value is -2.22. The molecule has 0 aliphatic carbocycles. The summed E-state index contributed by atoms with van der Waals surface area (Å²) >= 11 is 0. The molecule has 1 heterocycles. The molecule has 8 nitrogen and oxygen atoms in total. The molecule has 0 bridgehead atoms. The molecule has 0 atom stereocenters. The summed E-state index contributed by atoms with van der Waals surface area (Å²) in [5.41, 5.74) is -0.135. The van der Waals surface area contributed by atoms with E-state index in [2.05, 4.69) is 10.3 Å². The molecule has 1 aromatic rings. The zero-order chi connectivity index (χ0) is 15.3. The van der Waals surface area contributed by atoms with Crippen LogP contribution in [0.3, 0.4) is 0 Å². The van der Waals surface area contributed by atoms with Crippen molar-refractivity contribution in [2.24, 2.45) is 0 Å². The number of aliphatic hydroxyl groups is 1. The number of rotatable bonds is 6. The van der Waals surface area contributed by atoms with Gasteiger partial charge in [-0.05, 0) is 13.8 Å². The molecule has 0 radical (unpaired) electrons. The first-order chi connectivity index (χ1) is 9.42. The lowest BCUT2D eigenvalue weighted by Gasteiger charge is -2.26. The number of hydrogen-bond acceptors (Lipinski definition) is 6. The fraction of sp³-hybridized carbons (Fsp3) is 0.500. The minimum atomic E-state index is -0.602. The van der Waals surface area contributed by atoms with E-state index in [1.54, 1.807) is 20.9 Å². The number of aliphatic hydroxyl groups excluding tert-OH is 1. The van der Waals surface area contributed by atoms with Crippen LogP contribution in [0.1, 0.15) is 24.2 Å². The summed E-state index contributed by atoms with van der Waals surface area (Å²) < 4.78 is 0. The maximum absolute atomic E-state index is 12.4. The van der Waals surface area contributed by atoms with Crippen molar-refractivity contribution in [3.8, 4) is 0 Å². The largest absolute Gasteiger partial charge is 0.395 e. The molecule has 0 aliphatic heterocycles. The van der Waals surface area contributed by atoms with Crippen LogP contribution in [-0.2, 0) is 0 Å². The molecule has 1 amide bonds. The summed E-state index contributed by atoms with van der Waals surface area (Å²) in [6, 6.07) is 1.05. The maximum Gasteiger partial charge on any atom is 0.288 e. The van der Waals surface area contributed by atoms with Crippen molar-refractivity contribution in [3.05, 3.63) is 27.9 Å². The molecule has 110 valence electrons. The van der Waals surface area contributed by atoms with Crippen molar-refractivity contribution in [3.63, 3.8) is 0 Å². The van der Waals surface area contributed by atoms with Crippen molar-refractivity contribution in [1.82, 2.24) is 9.88 Å². The first-order valence-corrected chi connectivity index (χ1v) is 6.16. The molecule has 0 unspecified atom stereocenters. The standard InChI is InChI=1S/C12H18N4O4/c1-8(2)15(4-5-17)12(18)10-6-9(16(19)20)7-14-11(10)13-3/h6-8,17H,4-5H2,1-3H3,(H,13,14). The van der Waals surface area contributed by atoms with Gasteiger partial charge in [0.15, 0.2) is 0 Å². The quantitative estimate of drug-likeness (QED) is 0.592. The minimum absolute atomic E-state index is 0.115. The highest BCUT2D eigenvalue weighted by Gasteiger charge is 2.24. The van der Waals surface area contributed by atoms with Crippen LogP contribution in [0, 0.1) is 10.1 Å². The van der Waals surface area contributed by atoms with Crippen LogP contribution in [0.4, 0.5) is 11.5 Å².